The van der Waals surface area contributed by atoms with Gasteiger partial charge in [-0.05, 0) is 39.4 Å². The van der Waals surface area contributed by atoms with Gasteiger partial charge in [-0.3, -0.25) is 18.9 Å². The number of hydroxylamine groups is 2. The summed E-state index contributed by atoms with van der Waals surface area (Å²) in [5.74, 6) is -2.33. The molecule has 0 bridgehead atoms. The molecule has 160 valence electrons. The SMILES string of the molecule is CN(CCCNC(=O)CCCC(=O)ON1C(=O)CCC1=O)CCCS(=O)(=O)O. The standard InChI is InChI=1S/C16H27N3O8S/c1-18(11-4-12-28(24,25)26)10-3-9-17-13(20)5-2-6-16(23)27-19-14(21)7-8-15(19)22/h2-12H2,1H3,(H,17,20)(H,24,25,26). The van der Waals surface area contributed by atoms with Gasteiger partial charge in [-0.2, -0.15) is 8.42 Å². The lowest BCUT2D eigenvalue weighted by Crippen LogP contribution is -2.32. The second-order valence-corrected chi connectivity index (χ2v) is 8.12. The first-order valence-corrected chi connectivity index (χ1v) is 10.7. The molecule has 1 rings (SSSR count). The first-order valence-electron chi connectivity index (χ1n) is 9.05. The van der Waals surface area contributed by atoms with Crippen LogP contribution in [0.2, 0.25) is 0 Å². The van der Waals surface area contributed by atoms with Crippen LogP contribution in [0.3, 0.4) is 0 Å². The van der Waals surface area contributed by atoms with Crippen molar-refractivity contribution in [1.29, 1.82) is 0 Å². The molecule has 0 unspecified atom stereocenters. The lowest BCUT2D eigenvalue weighted by molar-refractivity contribution is -0.197. The quantitative estimate of drug-likeness (QED) is 0.227. The van der Waals surface area contributed by atoms with Crippen molar-refractivity contribution >= 4 is 33.8 Å². The first kappa shape index (κ1) is 24.0. The van der Waals surface area contributed by atoms with Crippen LogP contribution >= 0.6 is 0 Å². The summed E-state index contributed by atoms with van der Waals surface area (Å²) >= 11 is 0. The zero-order valence-corrected chi connectivity index (χ0v) is 16.7. The molecule has 1 heterocycles. The fraction of sp³-hybridized carbons (Fsp3) is 0.750. The number of imide groups is 1. The van der Waals surface area contributed by atoms with Crippen molar-refractivity contribution < 1.29 is 37.0 Å². The highest BCUT2D eigenvalue weighted by molar-refractivity contribution is 7.85. The van der Waals surface area contributed by atoms with Gasteiger partial charge < -0.3 is 15.1 Å². The Morgan fingerprint density at radius 3 is 2.32 bits per heavy atom. The number of nitrogens with one attached hydrogen (secondary N) is 1. The smallest absolute Gasteiger partial charge is 0.333 e. The van der Waals surface area contributed by atoms with E-state index in [4.69, 9.17) is 9.39 Å². The van der Waals surface area contributed by atoms with Gasteiger partial charge >= 0.3 is 5.97 Å². The van der Waals surface area contributed by atoms with Crippen LogP contribution in [0.4, 0.5) is 0 Å². The predicted molar refractivity (Wildman–Crippen MR) is 97.2 cm³/mol. The normalized spacial score (nSPS) is 14.6. The number of amides is 3. The van der Waals surface area contributed by atoms with Gasteiger partial charge in [0.05, 0.1) is 5.75 Å². The maximum Gasteiger partial charge on any atom is 0.333 e. The van der Waals surface area contributed by atoms with Crippen LogP contribution in [-0.2, 0) is 34.1 Å². The summed E-state index contributed by atoms with van der Waals surface area (Å²) in [6.45, 7) is 1.59. The topological polar surface area (TPSA) is 150 Å². The Morgan fingerprint density at radius 2 is 1.71 bits per heavy atom. The molecular weight excluding hydrogens is 394 g/mol. The van der Waals surface area contributed by atoms with Crippen LogP contribution < -0.4 is 5.32 Å². The van der Waals surface area contributed by atoms with E-state index in [0.717, 1.165) is 0 Å². The highest BCUT2D eigenvalue weighted by atomic mass is 32.2. The fourth-order valence-corrected chi connectivity index (χ4v) is 2.99. The Hall–Kier alpha value is -2.05. The van der Waals surface area contributed by atoms with Crippen LogP contribution in [0.25, 0.3) is 0 Å². The van der Waals surface area contributed by atoms with Gasteiger partial charge in [0.2, 0.25) is 5.91 Å². The van der Waals surface area contributed by atoms with E-state index in [1.807, 2.05) is 11.9 Å². The third kappa shape index (κ3) is 10.3. The Morgan fingerprint density at radius 1 is 1.11 bits per heavy atom. The molecule has 0 aliphatic carbocycles. The Balaban J connectivity index is 2.05. The fourth-order valence-electron chi connectivity index (χ4n) is 2.49. The third-order valence-corrected chi connectivity index (χ3v) is 4.77. The van der Waals surface area contributed by atoms with E-state index in [2.05, 4.69) is 5.32 Å². The van der Waals surface area contributed by atoms with Gasteiger partial charge in [-0.25, -0.2) is 4.79 Å². The van der Waals surface area contributed by atoms with Gasteiger partial charge in [0.15, 0.2) is 0 Å². The van der Waals surface area contributed by atoms with Crippen LogP contribution in [0.1, 0.15) is 44.9 Å². The highest BCUT2D eigenvalue weighted by Crippen LogP contribution is 2.13. The molecule has 3 amide bonds. The van der Waals surface area contributed by atoms with Gasteiger partial charge in [0, 0.05) is 32.2 Å². The van der Waals surface area contributed by atoms with Crippen LogP contribution in [0, 0.1) is 0 Å². The maximum atomic E-state index is 11.7. The van der Waals surface area contributed by atoms with Crippen molar-refractivity contribution in [2.45, 2.75) is 44.9 Å². The molecule has 12 heteroatoms. The lowest BCUT2D eigenvalue weighted by Gasteiger charge is -2.16. The second kappa shape index (κ2) is 11.7. The molecule has 0 aromatic heterocycles. The van der Waals surface area contributed by atoms with Crippen molar-refractivity contribution in [3.63, 3.8) is 0 Å². The van der Waals surface area contributed by atoms with Crippen LogP contribution in [-0.4, -0.2) is 79.1 Å². The molecular formula is C16H27N3O8S. The molecule has 1 fully saturated rings. The number of hydrogen-bond acceptors (Lipinski definition) is 8. The largest absolute Gasteiger partial charge is 0.356 e. The molecule has 1 saturated heterocycles. The van der Waals surface area contributed by atoms with Gasteiger partial charge in [-0.1, -0.05) is 0 Å². The summed E-state index contributed by atoms with van der Waals surface area (Å²) in [7, 11) is -2.12. The summed E-state index contributed by atoms with van der Waals surface area (Å²) in [4.78, 5) is 52.5. The van der Waals surface area contributed by atoms with Crippen molar-refractivity contribution in [3.05, 3.63) is 0 Å². The highest BCUT2D eigenvalue weighted by Gasteiger charge is 2.32. The van der Waals surface area contributed by atoms with E-state index in [-0.39, 0.29) is 43.8 Å². The van der Waals surface area contributed by atoms with Crippen LogP contribution in [0.5, 0.6) is 0 Å². The van der Waals surface area contributed by atoms with Crippen molar-refractivity contribution in [3.8, 4) is 0 Å². The maximum absolute atomic E-state index is 11.7. The van der Waals surface area contributed by atoms with Gasteiger partial charge in [0.25, 0.3) is 21.9 Å². The van der Waals surface area contributed by atoms with Crippen molar-refractivity contribution in [2.75, 3.05) is 32.4 Å². The Labute approximate surface area is 164 Å². The van der Waals surface area contributed by atoms with E-state index in [9.17, 15) is 27.6 Å². The van der Waals surface area contributed by atoms with E-state index in [1.54, 1.807) is 0 Å². The molecule has 0 atom stereocenters. The average Bonchev–Trinajstić information content (AvgIpc) is 2.89. The van der Waals surface area contributed by atoms with Crippen molar-refractivity contribution in [2.24, 2.45) is 0 Å². The number of hydrogen-bond donors (Lipinski definition) is 2. The minimum atomic E-state index is -3.94. The molecule has 1 aliphatic rings. The second-order valence-electron chi connectivity index (χ2n) is 6.55. The molecule has 0 aromatic rings. The molecule has 28 heavy (non-hydrogen) atoms. The Bertz CT molecular complexity index is 663. The minimum absolute atomic E-state index is 0.0320. The zero-order valence-electron chi connectivity index (χ0n) is 15.9. The van der Waals surface area contributed by atoms with Gasteiger partial charge in [-0.15, -0.1) is 5.06 Å². The lowest BCUT2D eigenvalue weighted by atomic mass is 10.2. The summed E-state index contributed by atoms with van der Waals surface area (Å²) < 4.78 is 29.9. The molecule has 0 saturated carbocycles. The molecule has 2 N–H and O–H groups in total. The Kier molecular flexibility index (Phi) is 10.0. The molecule has 11 nitrogen and oxygen atoms in total. The summed E-state index contributed by atoms with van der Waals surface area (Å²) in [6.07, 6.45) is 1.31. The van der Waals surface area contributed by atoms with E-state index in [0.29, 0.717) is 37.5 Å². The number of carbonyl (C=O) groups is 4. The first-order chi connectivity index (χ1) is 13.1. The van der Waals surface area contributed by atoms with E-state index >= 15 is 0 Å². The monoisotopic (exact) mass is 421 g/mol. The van der Waals surface area contributed by atoms with Gasteiger partial charge in [0.1, 0.15) is 0 Å². The average molecular weight is 421 g/mol. The minimum Gasteiger partial charge on any atom is -0.356 e. The molecule has 0 aromatic carbocycles. The predicted octanol–water partition coefficient (Wildman–Crippen LogP) is -0.520. The number of carbonyl (C=O) groups excluding carboxylic acids is 4. The molecule has 0 radical (unpaired) electrons. The summed E-state index contributed by atoms with van der Waals surface area (Å²) in [5, 5.41) is 3.19. The summed E-state index contributed by atoms with van der Waals surface area (Å²) in [5.41, 5.74) is 0. The molecule has 1 aliphatic heterocycles. The van der Waals surface area contributed by atoms with E-state index in [1.165, 1.54) is 0 Å². The summed E-state index contributed by atoms with van der Waals surface area (Å²) in [6, 6.07) is 0. The zero-order chi connectivity index (χ0) is 21.2. The number of nitrogens with zero attached hydrogens (tertiary/aromatic N) is 2. The van der Waals surface area contributed by atoms with E-state index < -0.39 is 27.9 Å². The third-order valence-electron chi connectivity index (χ3n) is 3.96. The molecule has 0 spiro atoms. The van der Waals surface area contributed by atoms with Crippen LogP contribution in [0.15, 0.2) is 0 Å². The van der Waals surface area contributed by atoms with Crippen molar-refractivity contribution in [1.82, 2.24) is 15.3 Å². The number of rotatable bonds is 13.